The third kappa shape index (κ3) is 5.21. The lowest BCUT2D eigenvalue weighted by Gasteiger charge is -2.09. The number of carbonyl (C=O) groups excluding carboxylic acids is 2. The van der Waals surface area contributed by atoms with Crippen LogP contribution in [0.15, 0.2) is 42.5 Å². The van der Waals surface area contributed by atoms with E-state index in [-0.39, 0.29) is 5.69 Å². The SMILES string of the molecule is C=CC(O)CC(=O)C(=C=N)C(=O)Nc1ccc(C(F)(F)F)cc1. The standard InChI is InChI=1S/C15H13F3N2O3/c1-2-11(21)7-13(22)12(8-19)14(23)20-10-5-3-9(4-6-10)15(16,17)18/h2-6,11,19,21H,1,7H2,(H,20,23). The lowest BCUT2D eigenvalue weighted by atomic mass is 10.1. The van der Waals surface area contributed by atoms with Crippen molar-refractivity contribution in [3.05, 3.63) is 48.1 Å². The molecule has 0 heterocycles. The number of anilines is 1. The van der Waals surface area contributed by atoms with E-state index in [1.54, 1.807) is 5.87 Å². The Hall–Kier alpha value is -2.70. The Kier molecular flexibility index (Phi) is 6.01. The van der Waals surface area contributed by atoms with E-state index >= 15 is 0 Å². The zero-order valence-electron chi connectivity index (χ0n) is 11.8. The van der Waals surface area contributed by atoms with E-state index in [2.05, 4.69) is 11.9 Å². The molecule has 1 rings (SSSR count). The van der Waals surface area contributed by atoms with Crippen molar-refractivity contribution in [1.82, 2.24) is 0 Å². The molecule has 1 atom stereocenters. The van der Waals surface area contributed by atoms with Crippen LogP contribution in [0, 0.1) is 5.41 Å². The molecule has 0 fully saturated rings. The van der Waals surface area contributed by atoms with E-state index in [0.29, 0.717) is 0 Å². The van der Waals surface area contributed by atoms with Crippen molar-refractivity contribution in [1.29, 1.82) is 5.41 Å². The number of hydrogen-bond donors (Lipinski definition) is 3. The smallest absolute Gasteiger partial charge is 0.389 e. The van der Waals surface area contributed by atoms with Crippen LogP contribution in [-0.4, -0.2) is 28.8 Å². The molecule has 8 heteroatoms. The summed E-state index contributed by atoms with van der Waals surface area (Å²) in [5, 5.41) is 18.4. The number of carbonyl (C=O) groups is 2. The number of halogens is 3. The minimum atomic E-state index is -4.50. The van der Waals surface area contributed by atoms with Gasteiger partial charge in [0.25, 0.3) is 5.91 Å². The van der Waals surface area contributed by atoms with E-state index in [9.17, 15) is 27.9 Å². The van der Waals surface area contributed by atoms with Crippen LogP contribution in [0.5, 0.6) is 0 Å². The lowest BCUT2D eigenvalue weighted by molar-refractivity contribution is -0.137. The third-order valence-electron chi connectivity index (χ3n) is 2.77. The summed E-state index contributed by atoms with van der Waals surface area (Å²) in [5.41, 5.74) is -1.51. The Morgan fingerprint density at radius 3 is 2.35 bits per heavy atom. The number of ketones is 1. The molecule has 0 aliphatic rings. The number of amides is 1. The quantitative estimate of drug-likeness (QED) is 0.246. The van der Waals surface area contributed by atoms with Gasteiger partial charge < -0.3 is 10.4 Å². The monoisotopic (exact) mass is 326 g/mol. The summed E-state index contributed by atoms with van der Waals surface area (Å²) < 4.78 is 37.3. The number of hydrogen-bond acceptors (Lipinski definition) is 4. The van der Waals surface area contributed by atoms with Crippen LogP contribution < -0.4 is 5.32 Å². The van der Waals surface area contributed by atoms with Crippen molar-refractivity contribution in [3.63, 3.8) is 0 Å². The van der Waals surface area contributed by atoms with E-state index in [4.69, 9.17) is 5.41 Å². The molecule has 0 bridgehead atoms. The molecule has 3 N–H and O–H groups in total. The van der Waals surface area contributed by atoms with Gasteiger partial charge in [-0.25, -0.2) is 0 Å². The van der Waals surface area contributed by atoms with Crippen molar-refractivity contribution >= 4 is 23.2 Å². The molecule has 0 saturated carbocycles. The molecule has 23 heavy (non-hydrogen) atoms. The highest BCUT2D eigenvalue weighted by atomic mass is 19.4. The number of benzene rings is 1. The van der Waals surface area contributed by atoms with E-state index in [1.165, 1.54) is 0 Å². The van der Waals surface area contributed by atoms with Crippen LogP contribution in [0.2, 0.25) is 0 Å². The van der Waals surface area contributed by atoms with Crippen LogP contribution >= 0.6 is 0 Å². The first-order chi connectivity index (χ1) is 10.7. The summed E-state index contributed by atoms with van der Waals surface area (Å²) in [7, 11) is 0. The second-order valence-corrected chi connectivity index (χ2v) is 4.46. The highest BCUT2D eigenvalue weighted by Crippen LogP contribution is 2.29. The summed E-state index contributed by atoms with van der Waals surface area (Å²) in [5.74, 6) is -0.169. The Bertz CT molecular complexity index is 660. The molecular weight excluding hydrogens is 313 g/mol. The van der Waals surface area contributed by atoms with Gasteiger partial charge in [0.05, 0.1) is 11.7 Å². The number of alkyl halides is 3. The molecule has 5 nitrogen and oxygen atoms in total. The maximum atomic E-state index is 12.4. The van der Waals surface area contributed by atoms with Crippen molar-refractivity contribution < 1.29 is 27.9 Å². The van der Waals surface area contributed by atoms with Gasteiger partial charge in [0.2, 0.25) is 0 Å². The summed E-state index contributed by atoms with van der Waals surface area (Å²) in [4.78, 5) is 23.6. The highest BCUT2D eigenvalue weighted by Gasteiger charge is 2.30. The zero-order chi connectivity index (χ0) is 17.6. The first-order valence-electron chi connectivity index (χ1n) is 6.31. The normalized spacial score (nSPS) is 12.0. The van der Waals surface area contributed by atoms with Crippen LogP contribution in [0.1, 0.15) is 12.0 Å². The summed E-state index contributed by atoms with van der Waals surface area (Å²) >= 11 is 0. The fourth-order valence-corrected chi connectivity index (χ4v) is 1.56. The molecule has 1 unspecified atom stereocenters. The molecule has 1 amide bonds. The van der Waals surface area contributed by atoms with Crippen LogP contribution in [0.3, 0.4) is 0 Å². The number of Topliss-reactive ketones (excluding diaryl/α,β-unsaturated/α-hetero) is 1. The maximum absolute atomic E-state index is 12.4. The van der Waals surface area contributed by atoms with E-state index in [0.717, 1.165) is 30.3 Å². The topological polar surface area (TPSA) is 90.2 Å². The summed E-state index contributed by atoms with van der Waals surface area (Å²) in [6.45, 7) is 3.27. The number of aliphatic hydroxyl groups is 1. The Morgan fingerprint density at radius 2 is 1.91 bits per heavy atom. The molecule has 0 spiro atoms. The first kappa shape index (κ1) is 18.3. The van der Waals surface area contributed by atoms with Crippen molar-refractivity contribution in [2.75, 3.05) is 5.32 Å². The van der Waals surface area contributed by atoms with E-state index < -0.39 is 41.5 Å². The largest absolute Gasteiger partial charge is 0.416 e. The Labute approximate surface area is 129 Å². The molecular formula is C15H13F3N2O3. The molecule has 0 aliphatic heterocycles. The zero-order valence-corrected chi connectivity index (χ0v) is 11.8. The summed E-state index contributed by atoms with van der Waals surface area (Å²) in [6.07, 6.45) is -5.04. The third-order valence-corrected chi connectivity index (χ3v) is 2.77. The van der Waals surface area contributed by atoms with Crippen molar-refractivity contribution in [2.45, 2.75) is 18.7 Å². The van der Waals surface area contributed by atoms with Gasteiger partial charge in [-0.2, -0.15) is 13.2 Å². The molecule has 0 radical (unpaired) electrons. The maximum Gasteiger partial charge on any atom is 0.416 e. The second kappa shape index (κ2) is 7.53. The number of nitrogens with one attached hydrogen (secondary N) is 2. The predicted molar refractivity (Wildman–Crippen MR) is 77.1 cm³/mol. The minimum absolute atomic E-state index is 0.0211. The van der Waals surface area contributed by atoms with Gasteiger partial charge in [-0.1, -0.05) is 6.08 Å². The fraction of sp³-hybridized carbons (Fsp3) is 0.200. The molecule has 0 aromatic heterocycles. The van der Waals surface area contributed by atoms with Crippen LogP contribution in [-0.2, 0) is 15.8 Å². The molecule has 0 saturated heterocycles. The average molecular weight is 326 g/mol. The number of rotatable bonds is 6. The van der Waals surface area contributed by atoms with Gasteiger partial charge in [0.1, 0.15) is 5.57 Å². The van der Waals surface area contributed by atoms with Gasteiger partial charge in [-0.15, -0.1) is 6.58 Å². The van der Waals surface area contributed by atoms with Crippen LogP contribution in [0.4, 0.5) is 18.9 Å². The minimum Gasteiger partial charge on any atom is -0.389 e. The Morgan fingerprint density at radius 1 is 1.35 bits per heavy atom. The van der Waals surface area contributed by atoms with Gasteiger partial charge in [-0.3, -0.25) is 15.0 Å². The molecule has 1 aromatic rings. The van der Waals surface area contributed by atoms with Gasteiger partial charge in [-0.05, 0) is 30.1 Å². The first-order valence-corrected chi connectivity index (χ1v) is 6.31. The highest BCUT2D eigenvalue weighted by molar-refractivity contribution is 6.28. The Balaban J connectivity index is 2.83. The second-order valence-electron chi connectivity index (χ2n) is 4.46. The number of aliphatic hydroxyl groups excluding tert-OH is 1. The van der Waals surface area contributed by atoms with Gasteiger partial charge in [0, 0.05) is 12.1 Å². The van der Waals surface area contributed by atoms with Gasteiger partial charge >= 0.3 is 6.18 Å². The van der Waals surface area contributed by atoms with Gasteiger partial charge in [0.15, 0.2) is 5.78 Å². The lowest BCUT2D eigenvalue weighted by Crippen LogP contribution is -2.23. The molecule has 0 aliphatic carbocycles. The van der Waals surface area contributed by atoms with Crippen molar-refractivity contribution in [3.8, 4) is 0 Å². The summed E-state index contributed by atoms with van der Waals surface area (Å²) in [6, 6.07) is 3.58. The van der Waals surface area contributed by atoms with E-state index in [1.807, 2.05) is 0 Å². The van der Waals surface area contributed by atoms with Crippen LogP contribution in [0.25, 0.3) is 0 Å². The molecule has 1 aromatic carbocycles. The van der Waals surface area contributed by atoms with Crippen molar-refractivity contribution in [2.24, 2.45) is 0 Å². The average Bonchev–Trinajstić information content (AvgIpc) is 2.47. The fourth-order valence-electron chi connectivity index (χ4n) is 1.56. The molecule has 122 valence electrons. The predicted octanol–water partition coefficient (Wildman–Crippen LogP) is 2.32.